The van der Waals surface area contributed by atoms with Crippen molar-refractivity contribution in [2.75, 3.05) is 20.3 Å². The lowest BCUT2D eigenvalue weighted by Gasteiger charge is -2.21. The number of rotatable bonds is 5. The Kier molecular flexibility index (Phi) is 3.38. The first kappa shape index (κ1) is 10.4. The van der Waals surface area contributed by atoms with E-state index in [0.29, 0.717) is 31.4 Å². The van der Waals surface area contributed by atoms with Crippen LogP contribution in [0.2, 0.25) is 0 Å². The molecule has 2 fully saturated rings. The van der Waals surface area contributed by atoms with E-state index in [1.165, 1.54) is 12.8 Å². The minimum atomic E-state index is -0.404. The first-order valence-corrected chi connectivity index (χ1v) is 5.35. The van der Waals surface area contributed by atoms with E-state index in [1.807, 2.05) is 0 Å². The predicted molar refractivity (Wildman–Crippen MR) is 52.2 cm³/mol. The van der Waals surface area contributed by atoms with E-state index in [9.17, 15) is 5.11 Å². The van der Waals surface area contributed by atoms with Crippen LogP contribution in [-0.4, -0.2) is 49.7 Å². The highest BCUT2D eigenvalue weighted by Gasteiger charge is 2.40. The van der Waals surface area contributed by atoms with Gasteiger partial charge in [-0.05, 0) is 19.3 Å². The van der Waals surface area contributed by atoms with Gasteiger partial charge in [0.15, 0.2) is 0 Å². The summed E-state index contributed by atoms with van der Waals surface area (Å²) in [6.07, 6.45) is 3.93. The fourth-order valence-electron chi connectivity index (χ4n) is 2.39. The predicted octanol–water partition coefficient (Wildman–Crippen LogP) is -0.0968. The molecule has 2 aliphatic heterocycles. The van der Waals surface area contributed by atoms with Crippen molar-refractivity contribution in [3.63, 3.8) is 0 Å². The zero-order chi connectivity index (χ0) is 9.97. The SMILES string of the molecule is COCC(O)CNC1CC2CCC1O2. The normalized spacial score (nSPS) is 37.7. The highest BCUT2D eigenvalue weighted by atomic mass is 16.5. The van der Waals surface area contributed by atoms with Crippen LogP contribution in [0, 0.1) is 0 Å². The van der Waals surface area contributed by atoms with E-state index >= 15 is 0 Å². The van der Waals surface area contributed by atoms with Crippen LogP contribution in [0.15, 0.2) is 0 Å². The summed E-state index contributed by atoms with van der Waals surface area (Å²) in [5.41, 5.74) is 0. The van der Waals surface area contributed by atoms with Gasteiger partial charge in [0.2, 0.25) is 0 Å². The third kappa shape index (κ3) is 2.25. The molecule has 0 aromatic rings. The molecule has 2 N–H and O–H groups in total. The van der Waals surface area contributed by atoms with Gasteiger partial charge in [0.05, 0.1) is 24.9 Å². The highest BCUT2D eigenvalue weighted by molar-refractivity contribution is 4.94. The molecule has 82 valence electrons. The molecular weight excluding hydrogens is 182 g/mol. The quantitative estimate of drug-likeness (QED) is 0.652. The Bertz CT molecular complexity index is 188. The van der Waals surface area contributed by atoms with Gasteiger partial charge in [0, 0.05) is 19.7 Å². The Morgan fingerprint density at radius 1 is 1.57 bits per heavy atom. The molecule has 4 nitrogen and oxygen atoms in total. The molecule has 4 atom stereocenters. The molecule has 4 heteroatoms. The van der Waals surface area contributed by atoms with Crippen LogP contribution in [0.4, 0.5) is 0 Å². The zero-order valence-corrected chi connectivity index (χ0v) is 8.61. The molecule has 0 radical (unpaired) electrons. The lowest BCUT2D eigenvalue weighted by atomic mass is 9.95. The number of fused-ring (bicyclic) bond motifs is 2. The molecule has 0 saturated carbocycles. The standard InChI is InChI=1S/C10H19NO3/c1-13-6-7(12)5-11-9-4-8-2-3-10(9)14-8/h7-12H,2-6H2,1H3. The van der Waals surface area contributed by atoms with E-state index in [0.717, 1.165) is 6.42 Å². The summed E-state index contributed by atoms with van der Waals surface area (Å²) in [5.74, 6) is 0. The number of hydrogen-bond acceptors (Lipinski definition) is 4. The lowest BCUT2D eigenvalue weighted by Crippen LogP contribution is -2.42. The fraction of sp³-hybridized carbons (Fsp3) is 1.00. The summed E-state index contributed by atoms with van der Waals surface area (Å²) in [4.78, 5) is 0. The van der Waals surface area contributed by atoms with Gasteiger partial charge in [0.1, 0.15) is 0 Å². The van der Waals surface area contributed by atoms with E-state index < -0.39 is 6.10 Å². The molecule has 0 aromatic carbocycles. The van der Waals surface area contributed by atoms with Crippen molar-refractivity contribution in [3.05, 3.63) is 0 Å². The van der Waals surface area contributed by atoms with Crippen LogP contribution >= 0.6 is 0 Å². The third-order valence-corrected chi connectivity index (χ3v) is 3.08. The monoisotopic (exact) mass is 201 g/mol. The van der Waals surface area contributed by atoms with Crippen LogP contribution in [0.5, 0.6) is 0 Å². The molecule has 2 bridgehead atoms. The van der Waals surface area contributed by atoms with Gasteiger partial charge in [-0.2, -0.15) is 0 Å². The minimum absolute atomic E-state index is 0.384. The molecule has 2 aliphatic rings. The van der Waals surface area contributed by atoms with Crippen LogP contribution < -0.4 is 5.32 Å². The molecule has 2 saturated heterocycles. The fourth-order valence-corrected chi connectivity index (χ4v) is 2.39. The zero-order valence-electron chi connectivity index (χ0n) is 8.61. The molecular formula is C10H19NO3. The summed E-state index contributed by atoms with van der Waals surface area (Å²) in [6, 6.07) is 0.445. The second kappa shape index (κ2) is 4.57. The molecule has 0 aliphatic carbocycles. The Hall–Kier alpha value is -0.160. The molecule has 0 aromatic heterocycles. The number of nitrogens with one attached hydrogen (secondary N) is 1. The van der Waals surface area contributed by atoms with E-state index in [1.54, 1.807) is 7.11 Å². The van der Waals surface area contributed by atoms with Crippen molar-refractivity contribution in [1.82, 2.24) is 5.32 Å². The van der Waals surface area contributed by atoms with Crippen LogP contribution in [0.1, 0.15) is 19.3 Å². The van der Waals surface area contributed by atoms with Crippen molar-refractivity contribution in [1.29, 1.82) is 0 Å². The molecule has 2 rings (SSSR count). The molecule has 4 unspecified atom stereocenters. The number of hydrogen-bond donors (Lipinski definition) is 2. The van der Waals surface area contributed by atoms with Gasteiger partial charge in [-0.25, -0.2) is 0 Å². The number of aliphatic hydroxyl groups excluding tert-OH is 1. The summed E-state index contributed by atoms with van der Waals surface area (Å²) in [7, 11) is 1.60. The summed E-state index contributed by atoms with van der Waals surface area (Å²) < 4.78 is 10.6. The topological polar surface area (TPSA) is 50.7 Å². The van der Waals surface area contributed by atoms with Gasteiger partial charge in [-0.3, -0.25) is 0 Å². The maximum Gasteiger partial charge on any atom is 0.0897 e. The van der Waals surface area contributed by atoms with Gasteiger partial charge in [0.25, 0.3) is 0 Å². The smallest absolute Gasteiger partial charge is 0.0897 e. The van der Waals surface area contributed by atoms with Gasteiger partial charge in [-0.1, -0.05) is 0 Å². The van der Waals surface area contributed by atoms with Crippen molar-refractivity contribution in [3.8, 4) is 0 Å². The minimum Gasteiger partial charge on any atom is -0.389 e. The third-order valence-electron chi connectivity index (χ3n) is 3.08. The largest absolute Gasteiger partial charge is 0.389 e. The Morgan fingerprint density at radius 2 is 2.43 bits per heavy atom. The second-order valence-electron chi connectivity index (χ2n) is 4.23. The maximum atomic E-state index is 9.45. The van der Waals surface area contributed by atoms with Crippen molar-refractivity contribution < 1.29 is 14.6 Å². The van der Waals surface area contributed by atoms with Crippen molar-refractivity contribution in [2.45, 2.75) is 43.6 Å². The Balaban J connectivity index is 1.66. The Labute approximate surface area is 84.6 Å². The summed E-state index contributed by atoms with van der Waals surface area (Å²) in [5, 5.41) is 12.8. The van der Waals surface area contributed by atoms with E-state index in [-0.39, 0.29) is 0 Å². The van der Waals surface area contributed by atoms with E-state index in [4.69, 9.17) is 9.47 Å². The average Bonchev–Trinajstić information content (AvgIpc) is 2.76. The molecule has 0 amide bonds. The Morgan fingerprint density at radius 3 is 3.00 bits per heavy atom. The summed E-state index contributed by atoms with van der Waals surface area (Å²) >= 11 is 0. The van der Waals surface area contributed by atoms with E-state index in [2.05, 4.69) is 5.32 Å². The van der Waals surface area contributed by atoms with Crippen LogP contribution in [0.25, 0.3) is 0 Å². The molecule has 0 spiro atoms. The highest BCUT2D eigenvalue weighted by Crippen LogP contribution is 2.34. The average molecular weight is 201 g/mol. The van der Waals surface area contributed by atoms with Gasteiger partial charge in [-0.15, -0.1) is 0 Å². The molecule has 14 heavy (non-hydrogen) atoms. The summed E-state index contributed by atoms with van der Waals surface area (Å²) in [6.45, 7) is 1.000. The van der Waals surface area contributed by atoms with Gasteiger partial charge >= 0.3 is 0 Å². The number of methoxy groups -OCH3 is 1. The van der Waals surface area contributed by atoms with Gasteiger partial charge < -0.3 is 19.9 Å². The first-order chi connectivity index (χ1) is 6.79. The van der Waals surface area contributed by atoms with Crippen LogP contribution in [0.3, 0.4) is 0 Å². The lowest BCUT2D eigenvalue weighted by molar-refractivity contribution is 0.0583. The second-order valence-corrected chi connectivity index (χ2v) is 4.23. The van der Waals surface area contributed by atoms with Crippen molar-refractivity contribution >= 4 is 0 Å². The van der Waals surface area contributed by atoms with Crippen LogP contribution in [-0.2, 0) is 9.47 Å². The molecule has 2 heterocycles. The maximum absolute atomic E-state index is 9.45. The number of ether oxygens (including phenoxy) is 2. The number of aliphatic hydroxyl groups is 1. The first-order valence-electron chi connectivity index (χ1n) is 5.35. The van der Waals surface area contributed by atoms with Crippen molar-refractivity contribution in [2.24, 2.45) is 0 Å².